The van der Waals surface area contributed by atoms with Crippen LogP contribution in [0.1, 0.15) is 16.7 Å². The number of amides is 2. The van der Waals surface area contributed by atoms with Crippen molar-refractivity contribution < 1.29 is 14.7 Å². The molecule has 0 aliphatic carbocycles. The second kappa shape index (κ2) is 9.97. The van der Waals surface area contributed by atoms with Gasteiger partial charge >= 0.3 is 0 Å². The smallest absolute Gasteiger partial charge is 0.293 e. The number of carbonyl (C=O) groups is 2. The third kappa shape index (κ3) is 4.89. The van der Waals surface area contributed by atoms with Gasteiger partial charge < -0.3 is 5.11 Å². The molecule has 8 heteroatoms. The fourth-order valence-electron chi connectivity index (χ4n) is 3.86. The highest BCUT2D eigenvalue weighted by Crippen LogP contribution is 2.36. The molecular formula is C28H20ClN3O3S. The molecular weight excluding hydrogens is 494 g/mol. The standard InChI is InChI=1S/C28H20ClN3O3S/c1-17-9-10-22(15-24(17)29)31-30-21-11-12-25(33)20(13-21)14-26-27(34)32(28(35)36-26)16-19-7-4-6-18-5-2-3-8-23(18)19/h2-15,33H,16H2,1H3/b26-14-,31-30?. The van der Waals surface area contributed by atoms with Gasteiger partial charge in [0.2, 0.25) is 0 Å². The summed E-state index contributed by atoms with van der Waals surface area (Å²) in [6.07, 6.45) is 1.51. The number of carbonyl (C=O) groups excluding carboxylic acids is 2. The first-order valence-corrected chi connectivity index (χ1v) is 12.3. The van der Waals surface area contributed by atoms with Gasteiger partial charge in [0.1, 0.15) is 5.75 Å². The maximum atomic E-state index is 13.1. The lowest BCUT2D eigenvalue weighted by molar-refractivity contribution is -0.123. The van der Waals surface area contributed by atoms with E-state index < -0.39 is 5.91 Å². The Kier molecular flexibility index (Phi) is 6.59. The number of hydrogen-bond donors (Lipinski definition) is 1. The van der Waals surface area contributed by atoms with Crippen LogP contribution < -0.4 is 0 Å². The summed E-state index contributed by atoms with van der Waals surface area (Å²) in [6, 6.07) is 23.7. The lowest BCUT2D eigenvalue weighted by Gasteiger charge is -2.14. The summed E-state index contributed by atoms with van der Waals surface area (Å²) in [7, 11) is 0. The van der Waals surface area contributed by atoms with Crippen molar-refractivity contribution in [2.45, 2.75) is 13.5 Å². The van der Waals surface area contributed by atoms with Crippen molar-refractivity contribution in [3.8, 4) is 5.75 Å². The topological polar surface area (TPSA) is 82.3 Å². The highest BCUT2D eigenvalue weighted by molar-refractivity contribution is 8.18. The van der Waals surface area contributed by atoms with Gasteiger partial charge in [-0.1, -0.05) is 60.1 Å². The lowest BCUT2D eigenvalue weighted by atomic mass is 10.0. The van der Waals surface area contributed by atoms with Crippen LogP contribution in [0.5, 0.6) is 5.75 Å². The molecule has 0 spiro atoms. The number of phenolic OH excluding ortho intramolecular Hbond substituents is 1. The number of rotatable bonds is 5. The minimum atomic E-state index is -0.404. The molecule has 178 valence electrons. The number of phenols is 1. The molecule has 36 heavy (non-hydrogen) atoms. The summed E-state index contributed by atoms with van der Waals surface area (Å²) in [5.74, 6) is -0.438. The zero-order valence-corrected chi connectivity index (χ0v) is 20.8. The van der Waals surface area contributed by atoms with Crippen molar-refractivity contribution >= 4 is 62.7 Å². The van der Waals surface area contributed by atoms with E-state index in [0.717, 1.165) is 33.7 Å². The Morgan fingerprint density at radius 2 is 1.67 bits per heavy atom. The summed E-state index contributed by atoms with van der Waals surface area (Å²) < 4.78 is 0. The average Bonchev–Trinajstić information content (AvgIpc) is 3.14. The van der Waals surface area contributed by atoms with Gasteiger partial charge in [-0.2, -0.15) is 10.2 Å². The van der Waals surface area contributed by atoms with Crippen molar-refractivity contribution in [1.29, 1.82) is 0 Å². The first-order valence-electron chi connectivity index (χ1n) is 11.1. The average molecular weight is 514 g/mol. The van der Waals surface area contributed by atoms with Crippen LogP contribution in [0.3, 0.4) is 0 Å². The summed E-state index contributed by atoms with van der Waals surface area (Å²) >= 11 is 6.99. The Morgan fingerprint density at radius 3 is 2.47 bits per heavy atom. The molecule has 1 fully saturated rings. The van der Waals surface area contributed by atoms with Gasteiger partial charge in [-0.25, -0.2) is 0 Å². The van der Waals surface area contributed by atoms with Crippen molar-refractivity contribution in [3.05, 3.63) is 105 Å². The van der Waals surface area contributed by atoms with Crippen LogP contribution >= 0.6 is 23.4 Å². The Hall–Kier alpha value is -3.94. The molecule has 5 rings (SSSR count). The zero-order valence-electron chi connectivity index (χ0n) is 19.2. The molecule has 4 aromatic rings. The minimum Gasteiger partial charge on any atom is -0.507 e. The fourth-order valence-corrected chi connectivity index (χ4v) is 4.86. The van der Waals surface area contributed by atoms with Gasteiger partial charge in [0.15, 0.2) is 0 Å². The van der Waals surface area contributed by atoms with E-state index in [-0.39, 0.29) is 22.4 Å². The van der Waals surface area contributed by atoms with E-state index in [1.165, 1.54) is 17.0 Å². The van der Waals surface area contributed by atoms with E-state index in [4.69, 9.17) is 11.6 Å². The number of nitrogens with zero attached hydrogens (tertiary/aromatic N) is 3. The SMILES string of the molecule is Cc1ccc(N=Nc2ccc(O)c(/C=C3\SC(=O)N(Cc4cccc5ccccc45)C3=O)c2)cc1Cl. The molecule has 1 N–H and O–H groups in total. The Morgan fingerprint density at radius 1 is 0.944 bits per heavy atom. The molecule has 0 saturated carbocycles. The third-order valence-electron chi connectivity index (χ3n) is 5.82. The molecule has 0 radical (unpaired) electrons. The number of azo groups is 1. The molecule has 0 atom stereocenters. The molecule has 0 aromatic heterocycles. The number of hydrogen-bond acceptors (Lipinski definition) is 6. The number of thioether (sulfide) groups is 1. The van der Waals surface area contributed by atoms with E-state index in [0.29, 0.717) is 22.0 Å². The van der Waals surface area contributed by atoms with Crippen molar-refractivity contribution in [2.24, 2.45) is 10.2 Å². The van der Waals surface area contributed by atoms with E-state index in [2.05, 4.69) is 10.2 Å². The van der Waals surface area contributed by atoms with E-state index >= 15 is 0 Å². The predicted octanol–water partition coefficient (Wildman–Crippen LogP) is 8.16. The van der Waals surface area contributed by atoms with E-state index in [9.17, 15) is 14.7 Å². The fraction of sp³-hybridized carbons (Fsp3) is 0.0714. The molecule has 0 bridgehead atoms. The maximum Gasteiger partial charge on any atom is 0.293 e. The molecule has 0 unspecified atom stereocenters. The van der Waals surface area contributed by atoms with Gasteiger partial charge in [0, 0.05) is 10.6 Å². The Bertz CT molecular complexity index is 1580. The highest BCUT2D eigenvalue weighted by Gasteiger charge is 2.35. The largest absolute Gasteiger partial charge is 0.507 e. The quantitative estimate of drug-likeness (QED) is 0.215. The van der Waals surface area contributed by atoms with Crippen LogP contribution in [0.25, 0.3) is 16.8 Å². The molecule has 4 aromatic carbocycles. The molecule has 1 heterocycles. The predicted molar refractivity (Wildman–Crippen MR) is 144 cm³/mol. The van der Waals surface area contributed by atoms with Crippen molar-refractivity contribution in [3.63, 3.8) is 0 Å². The second-order valence-electron chi connectivity index (χ2n) is 8.28. The second-order valence-corrected chi connectivity index (χ2v) is 9.68. The third-order valence-corrected chi connectivity index (χ3v) is 7.13. The van der Waals surface area contributed by atoms with Crippen molar-refractivity contribution in [1.82, 2.24) is 4.90 Å². The molecule has 6 nitrogen and oxygen atoms in total. The van der Waals surface area contributed by atoms with Crippen LogP contribution in [0.15, 0.2) is 94.0 Å². The molecule has 1 saturated heterocycles. The number of fused-ring (bicyclic) bond motifs is 1. The number of benzene rings is 4. The van der Waals surface area contributed by atoms with E-state index in [1.807, 2.05) is 55.5 Å². The van der Waals surface area contributed by atoms with Crippen LogP contribution in [-0.2, 0) is 11.3 Å². The Balaban J connectivity index is 1.39. The number of aromatic hydroxyl groups is 1. The molecule has 1 aliphatic heterocycles. The number of aryl methyl sites for hydroxylation is 1. The summed E-state index contributed by atoms with van der Waals surface area (Å²) in [4.78, 5) is 27.3. The van der Waals surface area contributed by atoms with Gasteiger partial charge in [0.25, 0.3) is 11.1 Å². The van der Waals surface area contributed by atoms with Crippen molar-refractivity contribution in [2.75, 3.05) is 0 Å². The molecule has 1 aliphatic rings. The zero-order chi connectivity index (χ0) is 25.2. The van der Waals surface area contributed by atoms with Gasteiger partial charge in [-0.05, 0) is 77.0 Å². The normalized spacial score (nSPS) is 15.1. The monoisotopic (exact) mass is 513 g/mol. The van der Waals surface area contributed by atoms with Gasteiger partial charge in [0.05, 0.1) is 22.8 Å². The van der Waals surface area contributed by atoms with Crippen LogP contribution in [0.4, 0.5) is 16.2 Å². The summed E-state index contributed by atoms with van der Waals surface area (Å²) in [5.41, 5.74) is 3.26. The van der Waals surface area contributed by atoms with Crippen LogP contribution in [0.2, 0.25) is 5.02 Å². The van der Waals surface area contributed by atoms with Gasteiger partial charge in [-0.15, -0.1) is 0 Å². The van der Waals surface area contributed by atoms with Crippen LogP contribution in [-0.4, -0.2) is 21.2 Å². The van der Waals surface area contributed by atoms with E-state index in [1.54, 1.807) is 24.3 Å². The maximum absolute atomic E-state index is 13.1. The minimum absolute atomic E-state index is 0.0341. The van der Waals surface area contributed by atoms with Crippen LogP contribution in [0, 0.1) is 6.92 Å². The first kappa shape index (κ1) is 23.8. The lowest BCUT2D eigenvalue weighted by Crippen LogP contribution is -2.27. The summed E-state index contributed by atoms with van der Waals surface area (Å²) in [5, 5.41) is 21.1. The first-order chi connectivity index (χ1) is 17.4. The summed E-state index contributed by atoms with van der Waals surface area (Å²) in [6.45, 7) is 2.07. The Labute approximate surface area is 216 Å². The number of imide groups is 1. The molecule has 2 amide bonds. The van der Waals surface area contributed by atoms with Gasteiger partial charge in [-0.3, -0.25) is 14.5 Å². The number of halogens is 1. The highest BCUT2D eigenvalue weighted by atomic mass is 35.5.